The third-order valence-electron chi connectivity index (χ3n) is 2.64. The topological polar surface area (TPSA) is 95.2 Å². The average Bonchev–Trinajstić information content (AvgIpc) is 2.73. The average molecular weight is 210 g/mol. The van der Waals surface area contributed by atoms with Crippen LogP contribution >= 0.6 is 0 Å². The number of rotatable bonds is 1. The van der Waals surface area contributed by atoms with Crippen molar-refractivity contribution in [1.82, 2.24) is 15.1 Å². The van der Waals surface area contributed by atoms with Gasteiger partial charge in [-0.2, -0.15) is 5.10 Å². The minimum Gasteiger partial charge on any atom is -0.391 e. The Balaban J connectivity index is 2.21. The van der Waals surface area contributed by atoms with Crippen LogP contribution in [0, 0.1) is 6.92 Å². The van der Waals surface area contributed by atoms with Crippen molar-refractivity contribution in [2.24, 2.45) is 0 Å². The summed E-state index contributed by atoms with van der Waals surface area (Å²) in [4.78, 5) is 13.6. The van der Waals surface area contributed by atoms with E-state index in [1.165, 1.54) is 0 Å². The molecule has 0 saturated carbocycles. The number of aryl methyl sites for hydroxylation is 1. The molecule has 1 aliphatic heterocycles. The van der Waals surface area contributed by atoms with E-state index in [4.69, 9.17) is 5.73 Å². The molecule has 0 aromatic carbocycles. The van der Waals surface area contributed by atoms with E-state index in [0.29, 0.717) is 30.8 Å². The lowest BCUT2D eigenvalue weighted by atomic mass is 10.2. The van der Waals surface area contributed by atoms with Crippen LogP contribution in [0.5, 0.6) is 0 Å². The molecule has 1 unspecified atom stereocenters. The van der Waals surface area contributed by atoms with Gasteiger partial charge in [0.2, 0.25) is 0 Å². The Hall–Kier alpha value is -1.56. The molecule has 1 amide bonds. The summed E-state index contributed by atoms with van der Waals surface area (Å²) >= 11 is 0. The molecule has 82 valence electrons. The van der Waals surface area contributed by atoms with Crippen molar-refractivity contribution >= 4 is 11.7 Å². The fraction of sp³-hybridized carbons (Fsp3) is 0.556. The first-order valence-corrected chi connectivity index (χ1v) is 4.87. The van der Waals surface area contributed by atoms with Gasteiger partial charge in [0, 0.05) is 18.8 Å². The van der Waals surface area contributed by atoms with Gasteiger partial charge in [-0.05, 0) is 13.3 Å². The molecule has 2 heterocycles. The second-order valence-corrected chi connectivity index (χ2v) is 3.80. The lowest BCUT2D eigenvalue weighted by molar-refractivity contribution is 0.0765. The fourth-order valence-electron chi connectivity index (χ4n) is 1.80. The Morgan fingerprint density at radius 2 is 2.47 bits per heavy atom. The van der Waals surface area contributed by atoms with Gasteiger partial charge in [-0.3, -0.25) is 9.89 Å². The molecule has 1 fully saturated rings. The first kappa shape index (κ1) is 9.97. The molecular formula is C9H14N4O2. The summed E-state index contributed by atoms with van der Waals surface area (Å²) in [6, 6.07) is 0. The summed E-state index contributed by atoms with van der Waals surface area (Å²) < 4.78 is 0. The minimum atomic E-state index is -0.414. The van der Waals surface area contributed by atoms with Crippen molar-refractivity contribution < 1.29 is 9.90 Å². The van der Waals surface area contributed by atoms with Crippen LogP contribution in [0.2, 0.25) is 0 Å². The number of anilines is 1. The number of nitrogen functional groups attached to an aromatic ring is 1. The van der Waals surface area contributed by atoms with Crippen molar-refractivity contribution in [3.63, 3.8) is 0 Å². The van der Waals surface area contributed by atoms with Gasteiger partial charge >= 0.3 is 0 Å². The number of nitrogens with two attached hydrogens (primary N) is 1. The first-order chi connectivity index (χ1) is 7.09. The third-order valence-corrected chi connectivity index (χ3v) is 2.64. The van der Waals surface area contributed by atoms with E-state index in [0.717, 1.165) is 0 Å². The molecule has 15 heavy (non-hydrogen) atoms. The van der Waals surface area contributed by atoms with E-state index in [-0.39, 0.29) is 11.7 Å². The number of hydrogen-bond donors (Lipinski definition) is 3. The number of aromatic nitrogens is 2. The van der Waals surface area contributed by atoms with Gasteiger partial charge in [-0.1, -0.05) is 0 Å². The number of aromatic amines is 1. The normalized spacial score (nSPS) is 20.9. The number of amides is 1. The number of carbonyl (C=O) groups is 1. The van der Waals surface area contributed by atoms with Crippen molar-refractivity contribution in [3.8, 4) is 0 Å². The van der Waals surface area contributed by atoms with Crippen LogP contribution in [-0.4, -0.2) is 45.3 Å². The van der Waals surface area contributed by atoms with E-state index in [2.05, 4.69) is 10.2 Å². The molecule has 0 radical (unpaired) electrons. The second kappa shape index (κ2) is 3.54. The highest BCUT2D eigenvalue weighted by Crippen LogP contribution is 2.18. The number of carbonyl (C=O) groups excluding carboxylic acids is 1. The summed E-state index contributed by atoms with van der Waals surface area (Å²) in [6.07, 6.45) is 0.213. The van der Waals surface area contributed by atoms with Crippen molar-refractivity contribution in [1.29, 1.82) is 0 Å². The predicted octanol–water partition coefficient (Wildman–Crippen LogP) is -0.493. The third kappa shape index (κ3) is 1.68. The van der Waals surface area contributed by atoms with Crippen LogP contribution in [0.3, 0.4) is 0 Å². The first-order valence-electron chi connectivity index (χ1n) is 4.87. The number of aliphatic hydroxyl groups excluding tert-OH is 1. The molecule has 6 heteroatoms. The number of aliphatic hydroxyl groups is 1. The van der Waals surface area contributed by atoms with Crippen LogP contribution in [-0.2, 0) is 0 Å². The van der Waals surface area contributed by atoms with Gasteiger partial charge < -0.3 is 15.7 Å². The van der Waals surface area contributed by atoms with Gasteiger partial charge in [0.15, 0.2) is 5.82 Å². The van der Waals surface area contributed by atoms with Gasteiger partial charge in [0.05, 0.1) is 6.10 Å². The Bertz CT molecular complexity index is 368. The number of H-pyrrole nitrogens is 1. The second-order valence-electron chi connectivity index (χ2n) is 3.80. The molecule has 1 saturated heterocycles. The smallest absolute Gasteiger partial charge is 0.259 e. The van der Waals surface area contributed by atoms with Gasteiger partial charge in [-0.25, -0.2) is 0 Å². The minimum absolute atomic E-state index is 0.157. The lowest BCUT2D eigenvalue weighted by Crippen LogP contribution is -2.30. The Labute approximate surface area is 87.1 Å². The van der Waals surface area contributed by atoms with Gasteiger partial charge in [-0.15, -0.1) is 0 Å². The van der Waals surface area contributed by atoms with Crippen molar-refractivity contribution in [2.45, 2.75) is 19.4 Å². The van der Waals surface area contributed by atoms with Crippen LogP contribution in [0.25, 0.3) is 0 Å². The van der Waals surface area contributed by atoms with Gasteiger partial charge in [0.25, 0.3) is 5.91 Å². The number of nitrogens with zero attached hydrogens (tertiary/aromatic N) is 2. The summed E-state index contributed by atoms with van der Waals surface area (Å²) in [5.41, 5.74) is 6.68. The molecule has 0 spiro atoms. The molecule has 0 bridgehead atoms. The molecule has 4 N–H and O–H groups in total. The molecule has 2 rings (SSSR count). The van der Waals surface area contributed by atoms with E-state index in [1.54, 1.807) is 11.8 Å². The van der Waals surface area contributed by atoms with E-state index in [9.17, 15) is 9.90 Å². The Morgan fingerprint density at radius 1 is 1.73 bits per heavy atom. The number of hydrogen-bond acceptors (Lipinski definition) is 4. The number of β-amino-alcohol motifs (C(OH)–C–C–N with tert-alkyl or cyclic N) is 1. The maximum atomic E-state index is 12.0. The lowest BCUT2D eigenvalue weighted by Gasteiger charge is -2.15. The molecule has 1 aromatic rings. The van der Waals surface area contributed by atoms with Crippen LogP contribution in [0.1, 0.15) is 22.5 Å². The highest BCUT2D eigenvalue weighted by molar-refractivity contribution is 5.99. The zero-order valence-electron chi connectivity index (χ0n) is 8.53. The van der Waals surface area contributed by atoms with Gasteiger partial charge in [0.1, 0.15) is 5.56 Å². The van der Waals surface area contributed by atoms with Crippen molar-refractivity contribution in [3.05, 3.63) is 11.3 Å². The summed E-state index contributed by atoms with van der Waals surface area (Å²) in [7, 11) is 0. The standard InChI is InChI=1S/C9H14N4O2/c1-5-7(8(10)12-11-5)9(15)13-3-2-6(14)4-13/h6,14H,2-4H2,1H3,(H3,10,11,12). The molecule has 0 aliphatic carbocycles. The maximum absolute atomic E-state index is 12.0. The van der Waals surface area contributed by atoms with Crippen LogP contribution in [0.15, 0.2) is 0 Å². The maximum Gasteiger partial charge on any atom is 0.259 e. The summed E-state index contributed by atoms with van der Waals surface area (Å²) in [5.74, 6) is 0.0641. The van der Waals surface area contributed by atoms with E-state index < -0.39 is 6.10 Å². The Kier molecular flexibility index (Phi) is 2.36. The van der Waals surface area contributed by atoms with E-state index in [1.807, 2.05) is 0 Å². The highest BCUT2D eigenvalue weighted by atomic mass is 16.3. The summed E-state index contributed by atoms with van der Waals surface area (Å²) in [6.45, 7) is 2.70. The van der Waals surface area contributed by atoms with E-state index >= 15 is 0 Å². The monoisotopic (exact) mass is 210 g/mol. The molecule has 1 aromatic heterocycles. The fourth-order valence-corrected chi connectivity index (χ4v) is 1.80. The molecule has 1 aliphatic rings. The number of nitrogens with one attached hydrogen (secondary N) is 1. The SMILES string of the molecule is Cc1[nH]nc(N)c1C(=O)N1CCC(O)C1. The van der Waals surface area contributed by atoms with Crippen molar-refractivity contribution in [2.75, 3.05) is 18.8 Å². The largest absolute Gasteiger partial charge is 0.391 e. The molecule has 6 nitrogen and oxygen atoms in total. The molecule has 1 atom stereocenters. The zero-order chi connectivity index (χ0) is 11.0. The number of likely N-dealkylation sites (tertiary alicyclic amines) is 1. The van der Waals surface area contributed by atoms with Crippen LogP contribution in [0.4, 0.5) is 5.82 Å². The Morgan fingerprint density at radius 3 is 2.93 bits per heavy atom. The molecular weight excluding hydrogens is 196 g/mol. The predicted molar refractivity (Wildman–Crippen MR) is 54.3 cm³/mol. The highest BCUT2D eigenvalue weighted by Gasteiger charge is 2.28. The quantitative estimate of drug-likeness (QED) is 0.582. The summed E-state index contributed by atoms with van der Waals surface area (Å²) in [5, 5.41) is 15.8. The van der Waals surface area contributed by atoms with Crippen LogP contribution < -0.4 is 5.73 Å². The zero-order valence-corrected chi connectivity index (χ0v) is 8.53.